The maximum absolute atomic E-state index is 11.7. The molecule has 4 heteroatoms. The first kappa shape index (κ1) is 14.2. The number of aryl methyl sites for hydroxylation is 2. The molecular weight excluding hydrogens is 230 g/mol. The second-order valence-corrected chi connectivity index (χ2v) is 4.65. The average molecular weight is 249 g/mol. The standard InChI is InChI=1S/C14H19NO3/c1-8-5-6-12(9(2)7-8)11(4)15-13(16)10(3)14(17)18/h5-7,10-11H,1-4H3,(H,15,16)(H,17,18). The van der Waals surface area contributed by atoms with E-state index in [0.29, 0.717) is 0 Å². The molecule has 0 saturated carbocycles. The molecule has 0 aliphatic rings. The van der Waals surface area contributed by atoms with E-state index in [-0.39, 0.29) is 6.04 Å². The fourth-order valence-corrected chi connectivity index (χ4v) is 1.84. The van der Waals surface area contributed by atoms with Crippen LogP contribution in [0.5, 0.6) is 0 Å². The molecule has 0 aromatic heterocycles. The quantitative estimate of drug-likeness (QED) is 0.804. The molecule has 4 nitrogen and oxygen atoms in total. The minimum atomic E-state index is -1.11. The topological polar surface area (TPSA) is 66.4 Å². The maximum Gasteiger partial charge on any atom is 0.315 e. The van der Waals surface area contributed by atoms with Gasteiger partial charge in [0.25, 0.3) is 0 Å². The Labute approximate surface area is 107 Å². The normalized spacial score (nSPS) is 13.8. The van der Waals surface area contributed by atoms with Crippen molar-refractivity contribution in [3.8, 4) is 0 Å². The maximum atomic E-state index is 11.7. The Bertz CT molecular complexity index is 468. The van der Waals surface area contributed by atoms with Crippen LogP contribution in [0.1, 0.15) is 36.6 Å². The third-order valence-corrected chi connectivity index (χ3v) is 3.01. The van der Waals surface area contributed by atoms with E-state index in [1.165, 1.54) is 6.92 Å². The van der Waals surface area contributed by atoms with Crippen molar-refractivity contribution < 1.29 is 14.7 Å². The van der Waals surface area contributed by atoms with Gasteiger partial charge in [0.2, 0.25) is 5.91 Å². The number of carbonyl (C=O) groups excluding carboxylic acids is 1. The second-order valence-electron chi connectivity index (χ2n) is 4.65. The number of aliphatic carboxylic acids is 1. The van der Waals surface area contributed by atoms with Gasteiger partial charge >= 0.3 is 5.97 Å². The zero-order chi connectivity index (χ0) is 13.9. The summed E-state index contributed by atoms with van der Waals surface area (Å²) in [5.74, 6) is -2.60. The van der Waals surface area contributed by atoms with E-state index < -0.39 is 17.8 Å². The van der Waals surface area contributed by atoms with Crippen LogP contribution in [0.2, 0.25) is 0 Å². The van der Waals surface area contributed by atoms with Crippen LogP contribution in [-0.2, 0) is 9.59 Å². The number of benzene rings is 1. The lowest BCUT2D eigenvalue weighted by Gasteiger charge is -2.18. The monoisotopic (exact) mass is 249 g/mol. The summed E-state index contributed by atoms with van der Waals surface area (Å²) in [5, 5.41) is 11.5. The van der Waals surface area contributed by atoms with Crippen LogP contribution in [0.3, 0.4) is 0 Å². The summed E-state index contributed by atoms with van der Waals surface area (Å²) < 4.78 is 0. The highest BCUT2D eigenvalue weighted by Crippen LogP contribution is 2.18. The van der Waals surface area contributed by atoms with Crippen molar-refractivity contribution in [1.29, 1.82) is 0 Å². The van der Waals surface area contributed by atoms with Crippen LogP contribution >= 0.6 is 0 Å². The molecule has 2 N–H and O–H groups in total. The Kier molecular flexibility index (Phi) is 4.48. The Hall–Kier alpha value is -1.84. The van der Waals surface area contributed by atoms with E-state index in [1.54, 1.807) is 0 Å². The number of carboxylic acid groups (broad SMARTS) is 1. The summed E-state index contributed by atoms with van der Waals surface area (Å²) in [6, 6.07) is 5.78. The van der Waals surface area contributed by atoms with Gasteiger partial charge in [-0.05, 0) is 38.8 Å². The van der Waals surface area contributed by atoms with Crippen LogP contribution < -0.4 is 5.32 Å². The number of rotatable bonds is 4. The number of nitrogens with one attached hydrogen (secondary N) is 1. The molecule has 0 bridgehead atoms. The Morgan fingerprint density at radius 1 is 1.22 bits per heavy atom. The lowest BCUT2D eigenvalue weighted by Crippen LogP contribution is -2.35. The number of carbonyl (C=O) groups is 2. The van der Waals surface area contributed by atoms with E-state index in [2.05, 4.69) is 5.32 Å². The van der Waals surface area contributed by atoms with E-state index >= 15 is 0 Å². The smallest absolute Gasteiger partial charge is 0.315 e. The minimum Gasteiger partial charge on any atom is -0.481 e. The van der Waals surface area contributed by atoms with Crippen molar-refractivity contribution in [2.45, 2.75) is 33.7 Å². The minimum absolute atomic E-state index is 0.195. The van der Waals surface area contributed by atoms with Gasteiger partial charge in [-0.25, -0.2) is 0 Å². The van der Waals surface area contributed by atoms with Gasteiger partial charge in [0.1, 0.15) is 5.92 Å². The predicted octanol–water partition coefficient (Wildman–Crippen LogP) is 2.20. The van der Waals surface area contributed by atoms with Gasteiger partial charge in [-0.15, -0.1) is 0 Å². The largest absolute Gasteiger partial charge is 0.481 e. The molecule has 2 unspecified atom stereocenters. The van der Waals surface area contributed by atoms with Gasteiger partial charge in [0, 0.05) is 0 Å². The molecule has 0 spiro atoms. The summed E-state index contributed by atoms with van der Waals surface area (Å²) in [6.07, 6.45) is 0. The van der Waals surface area contributed by atoms with Crippen molar-refractivity contribution in [3.05, 3.63) is 34.9 Å². The highest BCUT2D eigenvalue weighted by molar-refractivity contribution is 5.96. The first-order valence-corrected chi connectivity index (χ1v) is 5.93. The summed E-state index contributed by atoms with van der Waals surface area (Å²) >= 11 is 0. The number of amides is 1. The van der Waals surface area contributed by atoms with Crippen molar-refractivity contribution in [2.75, 3.05) is 0 Å². The molecule has 0 heterocycles. The first-order chi connectivity index (χ1) is 8.32. The van der Waals surface area contributed by atoms with Crippen LogP contribution in [-0.4, -0.2) is 17.0 Å². The highest BCUT2D eigenvalue weighted by atomic mass is 16.4. The molecule has 1 aromatic rings. The van der Waals surface area contributed by atoms with Crippen molar-refractivity contribution in [2.24, 2.45) is 5.92 Å². The van der Waals surface area contributed by atoms with Gasteiger partial charge < -0.3 is 10.4 Å². The zero-order valence-electron chi connectivity index (χ0n) is 11.2. The van der Waals surface area contributed by atoms with E-state index in [9.17, 15) is 9.59 Å². The average Bonchev–Trinajstić information content (AvgIpc) is 2.27. The molecule has 0 saturated heterocycles. The zero-order valence-corrected chi connectivity index (χ0v) is 11.2. The number of hydrogen-bond donors (Lipinski definition) is 2. The molecule has 1 amide bonds. The SMILES string of the molecule is Cc1ccc(C(C)NC(=O)C(C)C(=O)O)c(C)c1. The lowest BCUT2D eigenvalue weighted by molar-refractivity contribution is -0.146. The van der Waals surface area contributed by atoms with Crippen LogP contribution in [0.4, 0.5) is 0 Å². The molecule has 18 heavy (non-hydrogen) atoms. The molecule has 0 aliphatic heterocycles. The van der Waals surface area contributed by atoms with Crippen LogP contribution in [0.25, 0.3) is 0 Å². The molecule has 2 atom stereocenters. The van der Waals surface area contributed by atoms with Gasteiger partial charge in [-0.2, -0.15) is 0 Å². The molecule has 98 valence electrons. The summed E-state index contributed by atoms with van der Waals surface area (Å²) in [7, 11) is 0. The molecule has 0 fully saturated rings. The van der Waals surface area contributed by atoms with E-state index in [1.807, 2.05) is 39.0 Å². The van der Waals surface area contributed by atoms with Crippen molar-refractivity contribution in [3.63, 3.8) is 0 Å². The van der Waals surface area contributed by atoms with Crippen molar-refractivity contribution >= 4 is 11.9 Å². The van der Waals surface area contributed by atoms with Gasteiger partial charge in [-0.3, -0.25) is 9.59 Å². The van der Waals surface area contributed by atoms with E-state index in [4.69, 9.17) is 5.11 Å². The Morgan fingerprint density at radius 2 is 1.83 bits per heavy atom. The summed E-state index contributed by atoms with van der Waals surface area (Å²) in [6.45, 7) is 7.22. The third-order valence-electron chi connectivity index (χ3n) is 3.01. The second kappa shape index (κ2) is 5.67. The van der Waals surface area contributed by atoms with Gasteiger partial charge in [-0.1, -0.05) is 23.8 Å². The fourth-order valence-electron chi connectivity index (χ4n) is 1.84. The van der Waals surface area contributed by atoms with Gasteiger partial charge in [0.05, 0.1) is 6.04 Å². The van der Waals surface area contributed by atoms with Crippen LogP contribution in [0.15, 0.2) is 18.2 Å². The molecular formula is C14H19NO3. The number of carboxylic acids is 1. The lowest BCUT2D eigenvalue weighted by atomic mass is 9.99. The summed E-state index contributed by atoms with van der Waals surface area (Å²) in [4.78, 5) is 22.4. The first-order valence-electron chi connectivity index (χ1n) is 5.93. The third kappa shape index (κ3) is 3.32. The van der Waals surface area contributed by atoms with Crippen molar-refractivity contribution in [1.82, 2.24) is 5.32 Å². The Balaban J connectivity index is 2.79. The Morgan fingerprint density at radius 3 is 2.33 bits per heavy atom. The highest BCUT2D eigenvalue weighted by Gasteiger charge is 2.22. The van der Waals surface area contributed by atoms with Gasteiger partial charge in [0.15, 0.2) is 0 Å². The van der Waals surface area contributed by atoms with E-state index in [0.717, 1.165) is 16.7 Å². The molecule has 1 aromatic carbocycles. The fraction of sp³-hybridized carbons (Fsp3) is 0.429. The summed E-state index contributed by atoms with van der Waals surface area (Å²) in [5.41, 5.74) is 3.26. The molecule has 0 aliphatic carbocycles. The molecule has 0 radical (unpaired) electrons. The predicted molar refractivity (Wildman–Crippen MR) is 69.3 cm³/mol. The molecule has 1 rings (SSSR count). The number of hydrogen-bond acceptors (Lipinski definition) is 2. The van der Waals surface area contributed by atoms with Crippen LogP contribution in [0, 0.1) is 19.8 Å².